The summed E-state index contributed by atoms with van der Waals surface area (Å²) in [5.41, 5.74) is 11.6. The Morgan fingerprint density at radius 3 is 1.16 bits per heavy atom. The highest BCUT2D eigenvalue weighted by Crippen LogP contribution is 2.44. The van der Waals surface area contributed by atoms with Gasteiger partial charge in [-0.1, -0.05) is 170 Å². The Morgan fingerprint density at radius 1 is 0.191 bits per heavy atom. The van der Waals surface area contributed by atoms with Gasteiger partial charge in [0.15, 0.2) is 0 Å². The van der Waals surface area contributed by atoms with Gasteiger partial charge in [0.05, 0.1) is 5.69 Å². The molecule has 0 N–H and O–H groups in total. The van der Waals surface area contributed by atoms with Gasteiger partial charge in [-0.15, -0.1) is 0 Å². The van der Waals surface area contributed by atoms with Crippen molar-refractivity contribution in [2.45, 2.75) is 0 Å². The van der Waals surface area contributed by atoms with E-state index in [0.29, 0.717) is 0 Å². The lowest BCUT2D eigenvalue weighted by molar-refractivity contribution is 1.29. The summed E-state index contributed by atoms with van der Waals surface area (Å²) in [6.45, 7) is 0. The van der Waals surface area contributed by atoms with Crippen molar-refractivity contribution in [2.75, 3.05) is 9.80 Å². The Morgan fingerprint density at radius 2 is 0.574 bits per heavy atom. The van der Waals surface area contributed by atoms with Crippen LogP contribution in [0.2, 0.25) is 0 Å². The summed E-state index contributed by atoms with van der Waals surface area (Å²) in [5, 5.41) is 14.7. The third-order valence-corrected chi connectivity index (χ3v) is 13.7. The summed E-state index contributed by atoms with van der Waals surface area (Å²) in [5.74, 6) is 0. The van der Waals surface area contributed by atoms with Crippen LogP contribution in [0.15, 0.2) is 267 Å². The fraction of sp³-hybridized carbons (Fsp3) is 0. The molecule has 0 aromatic heterocycles. The van der Waals surface area contributed by atoms with E-state index in [1.165, 1.54) is 86.9 Å². The summed E-state index contributed by atoms with van der Waals surface area (Å²) >= 11 is 0. The van der Waals surface area contributed by atoms with Crippen LogP contribution in [0.1, 0.15) is 0 Å². The second-order valence-corrected chi connectivity index (χ2v) is 17.8. The molecule has 0 heterocycles. The topological polar surface area (TPSA) is 6.48 Å². The number of fused-ring (bicyclic) bond motifs is 6. The molecule has 0 aliphatic carbocycles. The predicted molar refractivity (Wildman–Crippen MR) is 292 cm³/mol. The van der Waals surface area contributed by atoms with Crippen LogP contribution in [-0.2, 0) is 0 Å². The zero-order valence-electron chi connectivity index (χ0n) is 37.3. The van der Waals surface area contributed by atoms with Crippen molar-refractivity contribution < 1.29 is 0 Å². The van der Waals surface area contributed by atoms with Gasteiger partial charge in [-0.3, -0.25) is 0 Å². The first kappa shape index (κ1) is 39.4. The molecule has 318 valence electrons. The van der Waals surface area contributed by atoms with Crippen LogP contribution in [0.25, 0.3) is 86.9 Å². The zero-order chi connectivity index (χ0) is 45.0. The van der Waals surface area contributed by atoms with E-state index in [1.54, 1.807) is 0 Å². The molecule has 0 bridgehead atoms. The van der Waals surface area contributed by atoms with E-state index in [2.05, 4.69) is 277 Å². The van der Waals surface area contributed by atoms with E-state index in [4.69, 9.17) is 0 Å². The van der Waals surface area contributed by atoms with Gasteiger partial charge in [0, 0.05) is 33.8 Å². The number of hydrogen-bond acceptors (Lipinski definition) is 2. The fourth-order valence-corrected chi connectivity index (χ4v) is 10.3. The third-order valence-electron chi connectivity index (χ3n) is 13.7. The lowest BCUT2D eigenvalue weighted by Gasteiger charge is -2.28. The molecule has 0 atom stereocenters. The number of para-hydroxylation sites is 2. The van der Waals surface area contributed by atoms with E-state index >= 15 is 0 Å². The number of benzene rings is 13. The van der Waals surface area contributed by atoms with Crippen molar-refractivity contribution in [2.24, 2.45) is 0 Å². The van der Waals surface area contributed by atoms with Crippen molar-refractivity contribution in [3.63, 3.8) is 0 Å². The number of anilines is 6. The van der Waals surface area contributed by atoms with Gasteiger partial charge in [0.25, 0.3) is 0 Å². The zero-order valence-corrected chi connectivity index (χ0v) is 37.3. The van der Waals surface area contributed by atoms with Crippen molar-refractivity contribution >= 4 is 98.8 Å². The van der Waals surface area contributed by atoms with Crippen LogP contribution in [0.3, 0.4) is 0 Å². The Bertz CT molecular complexity index is 4040. The lowest BCUT2D eigenvalue weighted by Crippen LogP contribution is -2.10. The molecule has 0 spiro atoms. The van der Waals surface area contributed by atoms with Gasteiger partial charge >= 0.3 is 0 Å². The normalized spacial score (nSPS) is 11.5. The number of rotatable bonds is 8. The molecule has 13 rings (SSSR count). The van der Waals surface area contributed by atoms with E-state index in [0.717, 1.165) is 34.1 Å². The minimum atomic E-state index is 1.12. The van der Waals surface area contributed by atoms with Crippen LogP contribution in [-0.4, -0.2) is 0 Å². The van der Waals surface area contributed by atoms with Gasteiger partial charge in [-0.05, 0) is 179 Å². The summed E-state index contributed by atoms with van der Waals surface area (Å²) in [4.78, 5) is 4.74. The minimum absolute atomic E-state index is 1.12. The highest BCUT2D eigenvalue weighted by Gasteiger charge is 2.19. The maximum absolute atomic E-state index is 2.39. The van der Waals surface area contributed by atoms with Gasteiger partial charge < -0.3 is 9.80 Å². The molecular weight excluding hydrogens is 821 g/mol. The summed E-state index contributed by atoms with van der Waals surface area (Å²) in [6, 6.07) is 97.6. The van der Waals surface area contributed by atoms with E-state index in [-0.39, 0.29) is 0 Å². The smallest absolute Gasteiger partial charge is 0.0540 e. The second kappa shape index (κ2) is 16.5. The maximum Gasteiger partial charge on any atom is 0.0540 e. The standard InChI is InChI=1S/C66H44N2/c1-3-17-58(18-4-1)67(60-32-29-45-13-7-9-15-47(45)42-60)61-34-31-51-37-49(24-26-54(51)44-61)50-23-25-52-40-57-41-55(28-27-53(57)39-56(52)38-50)63-35-36-66(65-22-12-11-21-64(63)65)68(59-19-5-2-6-20-59)62-33-30-46-14-8-10-16-48(46)43-62/h1-44H. The number of hydrogen-bond donors (Lipinski definition) is 0. The first-order chi connectivity index (χ1) is 33.7. The molecule has 0 aliphatic rings. The third kappa shape index (κ3) is 7.08. The molecule has 13 aromatic carbocycles. The van der Waals surface area contributed by atoms with E-state index in [1.807, 2.05) is 0 Å². The van der Waals surface area contributed by atoms with Crippen LogP contribution < -0.4 is 9.80 Å². The maximum atomic E-state index is 2.39. The molecule has 2 nitrogen and oxygen atoms in total. The average Bonchev–Trinajstić information content (AvgIpc) is 3.40. The largest absolute Gasteiger partial charge is 0.310 e. The molecule has 0 fully saturated rings. The first-order valence-corrected chi connectivity index (χ1v) is 23.4. The Kier molecular flexibility index (Phi) is 9.54. The lowest BCUT2D eigenvalue weighted by atomic mass is 9.93. The molecular formula is C66H44N2. The van der Waals surface area contributed by atoms with Crippen LogP contribution in [0.5, 0.6) is 0 Å². The quantitative estimate of drug-likeness (QED) is 0.140. The molecule has 13 aromatic rings. The minimum Gasteiger partial charge on any atom is -0.310 e. The predicted octanol–water partition coefficient (Wildman–Crippen LogP) is 18.9. The Balaban J connectivity index is 0.829. The summed E-state index contributed by atoms with van der Waals surface area (Å²) in [6.07, 6.45) is 0. The highest BCUT2D eigenvalue weighted by atomic mass is 15.1. The average molecular weight is 865 g/mol. The van der Waals surface area contributed by atoms with Crippen molar-refractivity contribution in [1.82, 2.24) is 0 Å². The first-order valence-electron chi connectivity index (χ1n) is 23.4. The molecule has 0 aliphatic heterocycles. The van der Waals surface area contributed by atoms with Gasteiger partial charge in [0.2, 0.25) is 0 Å². The van der Waals surface area contributed by atoms with E-state index in [9.17, 15) is 0 Å². The SMILES string of the molecule is c1ccc(N(c2ccc3ccccc3c2)c2ccc3cc(-c4ccc5cc6cc(-c7ccc(N(c8ccccc8)c8ccc9ccccc9c8)c8ccccc78)ccc6cc5c4)ccc3c2)cc1. The highest BCUT2D eigenvalue weighted by molar-refractivity contribution is 6.09. The van der Waals surface area contributed by atoms with Crippen LogP contribution in [0, 0.1) is 0 Å². The van der Waals surface area contributed by atoms with Crippen molar-refractivity contribution in [3.8, 4) is 22.3 Å². The molecule has 2 heteroatoms. The summed E-state index contributed by atoms with van der Waals surface area (Å²) in [7, 11) is 0. The molecule has 68 heavy (non-hydrogen) atoms. The fourth-order valence-electron chi connectivity index (χ4n) is 10.3. The molecule has 0 saturated heterocycles. The van der Waals surface area contributed by atoms with Gasteiger partial charge in [-0.2, -0.15) is 0 Å². The molecule has 0 radical (unpaired) electrons. The van der Waals surface area contributed by atoms with Crippen LogP contribution in [0.4, 0.5) is 34.1 Å². The summed E-state index contributed by atoms with van der Waals surface area (Å²) < 4.78 is 0. The van der Waals surface area contributed by atoms with Crippen molar-refractivity contribution in [3.05, 3.63) is 267 Å². The van der Waals surface area contributed by atoms with E-state index < -0.39 is 0 Å². The number of nitrogens with zero attached hydrogens (tertiary/aromatic N) is 2. The van der Waals surface area contributed by atoms with Gasteiger partial charge in [0.1, 0.15) is 0 Å². The molecule has 0 amide bonds. The van der Waals surface area contributed by atoms with Crippen molar-refractivity contribution in [1.29, 1.82) is 0 Å². The molecule has 0 unspecified atom stereocenters. The Hall–Kier alpha value is -8.98. The molecule has 0 saturated carbocycles. The second-order valence-electron chi connectivity index (χ2n) is 17.8. The van der Waals surface area contributed by atoms with Crippen LogP contribution >= 0.6 is 0 Å². The Labute approximate surface area is 395 Å². The monoisotopic (exact) mass is 864 g/mol. The van der Waals surface area contributed by atoms with Gasteiger partial charge in [-0.25, -0.2) is 0 Å².